The molecule has 1 aromatic rings. The summed E-state index contributed by atoms with van der Waals surface area (Å²) in [5.41, 5.74) is 1.35. The van der Waals surface area contributed by atoms with Crippen LogP contribution in [0.4, 0.5) is 0 Å². The number of hydrogen-bond donors (Lipinski definition) is 2. The summed E-state index contributed by atoms with van der Waals surface area (Å²) < 4.78 is 0. The maximum Gasteiger partial charge on any atom is 0.237 e. The number of nitrogens with zero attached hydrogens (tertiary/aromatic N) is 2. The Hall–Kier alpha value is -1.92. The predicted octanol–water partition coefficient (Wildman–Crippen LogP) is 3.32. The lowest BCUT2D eigenvalue weighted by Crippen LogP contribution is -2.53. The molecule has 1 aromatic carbocycles. The standard InChI is InChI=1S/C27H42N4O2/c1-21(31-18-12-23(13-19-31)27(33)29-24-10-6-3-7-11-24)26(32)28-25-14-16-30(17-15-25)20-22-8-4-2-5-9-22/h2,4-5,8-9,21,23-25H,3,6-7,10-20H2,1H3,(H,28,32)(H,29,33). The Morgan fingerprint density at radius 2 is 1.48 bits per heavy atom. The summed E-state index contributed by atoms with van der Waals surface area (Å²) in [6, 6.07) is 11.1. The Morgan fingerprint density at radius 3 is 2.15 bits per heavy atom. The normalized spacial score (nSPS) is 23.2. The molecule has 33 heavy (non-hydrogen) atoms. The third kappa shape index (κ3) is 7.03. The monoisotopic (exact) mass is 454 g/mol. The highest BCUT2D eigenvalue weighted by Gasteiger charge is 2.31. The molecule has 1 atom stereocenters. The van der Waals surface area contributed by atoms with E-state index in [1.165, 1.54) is 24.8 Å². The minimum absolute atomic E-state index is 0.104. The first kappa shape index (κ1) is 24.2. The van der Waals surface area contributed by atoms with E-state index in [2.05, 4.69) is 50.8 Å². The van der Waals surface area contributed by atoms with Crippen molar-refractivity contribution >= 4 is 11.8 Å². The van der Waals surface area contributed by atoms with Gasteiger partial charge in [0.2, 0.25) is 11.8 Å². The zero-order valence-electron chi connectivity index (χ0n) is 20.3. The van der Waals surface area contributed by atoms with Crippen LogP contribution in [0.15, 0.2) is 30.3 Å². The summed E-state index contributed by atoms with van der Waals surface area (Å²) >= 11 is 0. The smallest absolute Gasteiger partial charge is 0.237 e. The van der Waals surface area contributed by atoms with Gasteiger partial charge in [0.15, 0.2) is 0 Å². The van der Waals surface area contributed by atoms with Crippen LogP contribution in [0.5, 0.6) is 0 Å². The summed E-state index contributed by atoms with van der Waals surface area (Å²) in [6.45, 7) is 6.70. The molecule has 6 nitrogen and oxygen atoms in total. The molecule has 2 saturated heterocycles. The molecule has 3 aliphatic rings. The number of carbonyl (C=O) groups is 2. The second kappa shape index (κ2) is 12.0. The van der Waals surface area contributed by atoms with Crippen LogP contribution < -0.4 is 10.6 Å². The molecular formula is C27H42N4O2. The van der Waals surface area contributed by atoms with E-state index in [4.69, 9.17) is 0 Å². The fourth-order valence-corrected chi connectivity index (χ4v) is 5.68. The average Bonchev–Trinajstić information content (AvgIpc) is 2.86. The fraction of sp³-hybridized carbons (Fsp3) is 0.704. The molecule has 4 rings (SSSR count). The molecule has 0 radical (unpaired) electrons. The molecule has 2 N–H and O–H groups in total. The van der Waals surface area contributed by atoms with E-state index < -0.39 is 0 Å². The highest BCUT2D eigenvalue weighted by atomic mass is 16.2. The summed E-state index contributed by atoms with van der Waals surface area (Å²) in [6.07, 6.45) is 9.77. The maximum absolute atomic E-state index is 12.9. The minimum Gasteiger partial charge on any atom is -0.353 e. The van der Waals surface area contributed by atoms with Crippen molar-refractivity contribution in [1.29, 1.82) is 0 Å². The van der Waals surface area contributed by atoms with Crippen LogP contribution in [0.2, 0.25) is 0 Å². The lowest BCUT2D eigenvalue weighted by Gasteiger charge is -2.37. The number of piperidine rings is 2. The Balaban J connectivity index is 1.14. The molecule has 2 amide bonds. The third-order valence-electron chi connectivity index (χ3n) is 7.96. The van der Waals surface area contributed by atoms with E-state index in [0.29, 0.717) is 6.04 Å². The molecule has 1 unspecified atom stereocenters. The van der Waals surface area contributed by atoms with E-state index in [1.807, 2.05) is 6.92 Å². The third-order valence-corrected chi connectivity index (χ3v) is 7.96. The Labute approximate surface area is 199 Å². The summed E-state index contributed by atoms with van der Waals surface area (Å²) in [7, 11) is 0. The van der Waals surface area contributed by atoms with Crippen LogP contribution in [0.3, 0.4) is 0 Å². The Bertz CT molecular complexity index is 749. The molecule has 6 heteroatoms. The van der Waals surface area contributed by atoms with Crippen LogP contribution in [0.25, 0.3) is 0 Å². The zero-order chi connectivity index (χ0) is 23.0. The first-order chi connectivity index (χ1) is 16.1. The number of amides is 2. The van der Waals surface area contributed by atoms with Crippen LogP contribution in [0.1, 0.15) is 70.3 Å². The molecule has 1 aliphatic carbocycles. The van der Waals surface area contributed by atoms with Crippen molar-refractivity contribution in [2.75, 3.05) is 26.2 Å². The lowest BCUT2D eigenvalue weighted by molar-refractivity contribution is -0.129. The Morgan fingerprint density at radius 1 is 0.848 bits per heavy atom. The summed E-state index contributed by atoms with van der Waals surface area (Å²) in [4.78, 5) is 30.3. The largest absolute Gasteiger partial charge is 0.353 e. The summed E-state index contributed by atoms with van der Waals surface area (Å²) in [5.74, 6) is 0.481. The molecule has 3 fully saturated rings. The molecule has 0 bridgehead atoms. The van der Waals surface area contributed by atoms with Crippen LogP contribution >= 0.6 is 0 Å². The number of likely N-dealkylation sites (tertiary alicyclic amines) is 2. The second-order valence-corrected chi connectivity index (χ2v) is 10.4. The van der Waals surface area contributed by atoms with Gasteiger partial charge in [-0.15, -0.1) is 0 Å². The van der Waals surface area contributed by atoms with Gasteiger partial charge in [-0.1, -0.05) is 49.6 Å². The van der Waals surface area contributed by atoms with Crippen molar-refractivity contribution in [3.8, 4) is 0 Å². The van der Waals surface area contributed by atoms with Gasteiger partial charge in [-0.2, -0.15) is 0 Å². The zero-order valence-corrected chi connectivity index (χ0v) is 20.3. The van der Waals surface area contributed by atoms with Gasteiger partial charge < -0.3 is 10.6 Å². The SMILES string of the molecule is CC(C(=O)NC1CCN(Cc2ccccc2)CC1)N1CCC(C(=O)NC2CCCCC2)CC1. The number of benzene rings is 1. The summed E-state index contributed by atoms with van der Waals surface area (Å²) in [5, 5.41) is 6.59. The van der Waals surface area contributed by atoms with E-state index in [9.17, 15) is 9.59 Å². The maximum atomic E-state index is 12.9. The van der Waals surface area contributed by atoms with Crippen molar-refractivity contribution in [2.45, 2.75) is 89.4 Å². The molecule has 2 heterocycles. The molecule has 182 valence electrons. The first-order valence-corrected chi connectivity index (χ1v) is 13.2. The van der Waals surface area contributed by atoms with E-state index in [1.54, 1.807) is 0 Å². The topological polar surface area (TPSA) is 64.7 Å². The van der Waals surface area contributed by atoms with Crippen LogP contribution in [-0.2, 0) is 16.1 Å². The molecule has 0 spiro atoms. The average molecular weight is 455 g/mol. The number of nitrogens with one attached hydrogen (secondary N) is 2. The van der Waals surface area contributed by atoms with Crippen molar-refractivity contribution in [2.24, 2.45) is 5.92 Å². The molecule has 2 aliphatic heterocycles. The van der Waals surface area contributed by atoms with Gasteiger partial charge in [0.25, 0.3) is 0 Å². The van der Waals surface area contributed by atoms with Gasteiger partial charge in [0.1, 0.15) is 0 Å². The van der Waals surface area contributed by atoms with Crippen molar-refractivity contribution in [3.05, 3.63) is 35.9 Å². The van der Waals surface area contributed by atoms with Gasteiger partial charge in [-0.3, -0.25) is 19.4 Å². The van der Waals surface area contributed by atoms with Gasteiger partial charge in [-0.25, -0.2) is 0 Å². The fourth-order valence-electron chi connectivity index (χ4n) is 5.68. The minimum atomic E-state index is -0.130. The predicted molar refractivity (Wildman–Crippen MR) is 132 cm³/mol. The van der Waals surface area contributed by atoms with Crippen molar-refractivity contribution in [1.82, 2.24) is 20.4 Å². The highest BCUT2D eigenvalue weighted by molar-refractivity contribution is 5.82. The van der Waals surface area contributed by atoms with Crippen molar-refractivity contribution < 1.29 is 9.59 Å². The van der Waals surface area contributed by atoms with Gasteiger partial charge in [0, 0.05) is 37.6 Å². The molecule has 0 aromatic heterocycles. The molecular weight excluding hydrogens is 412 g/mol. The van der Waals surface area contributed by atoms with Crippen molar-refractivity contribution in [3.63, 3.8) is 0 Å². The van der Waals surface area contributed by atoms with E-state index >= 15 is 0 Å². The molecule has 1 saturated carbocycles. The highest BCUT2D eigenvalue weighted by Crippen LogP contribution is 2.22. The number of rotatable bonds is 7. The van der Waals surface area contributed by atoms with Crippen LogP contribution in [-0.4, -0.2) is 65.9 Å². The van der Waals surface area contributed by atoms with Crippen LogP contribution in [0, 0.1) is 5.92 Å². The van der Waals surface area contributed by atoms with Gasteiger partial charge in [-0.05, 0) is 64.1 Å². The number of carbonyl (C=O) groups excluding carboxylic acids is 2. The lowest BCUT2D eigenvalue weighted by atomic mass is 9.92. The van der Waals surface area contributed by atoms with Gasteiger partial charge >= 0.3 is 0 Å². The Kier molecular flexibility index (Phi) is 8.79. The second-order valence-electron chi connectivity index (χ2n) is 10.4. The van der Waals surface area contributed by atoms with Gasteiger partial charge in [0.05, 0.1) is 6.04 Å². The first-order valence-electron chi connectivity index (χ1n) is 13.2. The quantitative estimate of drug-likeness (QED) is 0.663. The van der Waals surface area contributed by atoms with E-state index in [0.717, 1.165) is 71.2 Å². The van der Waals surface area contributed by atoms with E-state index in [-0.39, 0.29) is 29.8 Å². The number of hydrogen-bond acceptors (Lipinski definition) is 4.